The van der Waals surface area contributed by atoms with Gasteiger partial charge in [0.05, 0.1) is 5.69 Å². The van der Waals surface area contributed by atoms with E-state index in [0.717, 1.165) is 30.5 Å². The molecule has 1 aliphatic heterocycles. The van der Waals surface area contributed by atoms with Gasteiger partial charge in [-0.25, -0.2) is 0 Å². The average molecular weight is 464 g/mol. The Morgan fingerprint density at radius 3 is 2.45 bits per heavy atom. The maximum Gasteiger partial charge on any atom is 0.270 e. The van der Waals surface area contributed by atoms with E-state index in [1.54, 1.807) is 6.08 Å². The zero-order valence-electron chi connectivity index (χ0n) is 19.8. The lowest BCUT2D eigenvalue weighted by Crippen LogP contribution is -2.54. The van der Waals surface area contributed by atoms with Crippen LogP contribution in [0.5, 0.6) is 0 Å². The number of nitrogens with zero attached hydrogens (tertiary/aromatic N) is 2. The number of nitrogens with one attached hydrogen (secondary N) is 1. The third-order valence-corrected chi connectivity index (χ3v) is 7.16. The zero-order valence-corrected chi connectivity index (χ0v) is 20.6. The monoisotopic (exact) mass is 463 g/mol. The van der Waals surface area contributed by atoms with Crippen LogP contribution in [0, 0.1) is 13.8 Å². The van der Waals surface area contributed by atoms with Crippen molar-refractivity contribution >= 4 is 40.9 Å². The van der Waals surface area contributed by atoms with Crippen molar-refractivity contribution in [3.05, 3.63) is 58.4 Å². The van der Waals surface area contributed by atoms with E-state index in [-0.39, 0.29) is 16.6 Å². The number of aromatic nitrogens is 1. The molecule has 2 heterocycles. The fourth-order valence-corrected chi connectivity index (χ4v) is 5.37. The van der Waals surface area contributed by atoms with E-state index < -0.39 is 5.91 Å². The van der Waals surface area contributed by atoms with Crippen molar-refractivity contribution in [3.63, 3.8) is 0 Å². The number of carbonyl (C=O) groups excluding carboxylic acids is 2. The van der Waals surface area contributed by atoms with Crippen molar-refractivity contribution in [3.8, 4) is 0 Å². The van der Waals surface area contributed by atoms with Gasteiger partial charge in [-0.15, -0.1) is 0 Å². The highest BCUT2D eigenvalue weighted by molar-refractivity contribution is 7.80. The Balaban J connectivity index is 1.63. The van der Waals surface area contributed by atoms with E-state index in [0.29, 0.717) is 11.7 Å². The molecular formula is C27H33N3O2S. The molecule has 33 heavy (non-hydrogen) atoms. The van der Waals surface area contributed by atoms with Crippen LogP contribution in [0.25, 0.3) is 6.08 Å². The lowest BCUT2D eigenvalue weighted by molar-refractivity contribution is -0.122. The van der Waals surface area contributed by atoms with Crippen molar-refractivity contribution in [2.75, 3.05) is 4.90 Å². The van der Waals surface area contributed by atoms with Crippen molar-refractivity contribution in [2.24, 2.45) is 0 Å². The van der Waals surface area contributed by atoms with Crippen molar-refractivity contribution < 1.29 is 9.59 Å². The maximum atomic E-state index is 13.4. The van der Waals surface area contributed by atoms with Crippen LogP contribution in [0.3, 0.4) is 0 Å². The lowest BCUT2D eigenvalue weighted by atomic mass is 9.95. The number of unbranched alkanes of at least 4 members (excludes halogenated alkanes) is 1. The van der Waals surface area contributed by atoms with Crippen molar-refractivity contribution in [1.82, 2.24) is 9.88 Å². The van der Waals surface area contributed by atoms with Crippen LogP contribution in [0.2, 0.25) is 0 Å². The minimum Gasteiger partial charge on any atom is -0.346 e. The molecule has 0 atom stereocenters. The topological polar surface area (TPSA) is 54.3 Å². The lowest BCUT2D eigenvalue weighted by Gasteiger charge is -2.29. The molecular weight excluding hydrogens is 430 g/mol. The third-order valence-electron chi connectivity index (χ3n) is 6.88. The molecule has 1 aromatic carbocycles. The summed E-state index contributed by atoms with van der Waals surface area (Å²) in [5.41, 5.74) is 5.20. The van der Waals surface area contributed by atoms with E-state index in [4.69, 9.17) is 12.2 Å². The van der Waals surface area contributed by atoms with Crippen molar-refractivity contribution in [1.29, 1.82) is 0 Å². The van der Waals surface area contributed by atoms with Gasteiger partial charge in [0.15, 0.2) is 5.11 Å². The molecule has 1 saturated carbocycles. The molecule has 5 nitrogen and oxygen atoms in total. The number of carbonyl (C=O) groups is 2. The third kappa shape index (κ3) is 4.81. The second kappa shape index (κ2) is 10.0. The second-order valence-corrected chi connectivity index (χ2v) is 9.60. The first-order valence-corrected chi connectivity index (χ1v) is 12.5. The Hall–Kier alpha value is -2.73. The molecule has 0 bridgehead atoms. The maximum absolute atomic E-state index is 13.4. The Labute approximate surface area is 201 Å². The molecule has 4 rings (SSSR count). The molecule has 0 radical (unpaired) electrons. The van der Waals surface area contributed by atoms with Crippen LogP contribution in [0.1, 0.15) is 80.4 Å². The number of benzene rings is 1. The first-order chi connectivity index (χ1) is 15.9. The molecule has 2 aliphatic rings. The molecule has 1 aliphatic carbocycles. The van der Waals surface area contributed by atoms with Gasteiger partial charge in [-0.1, -0.05) is 44.7 Å². The van der Waals surface area contributed by atoms with Crippen LogP contribution in [0.4, 0.5) is 5.69 Å². The number of anilines is 1. The number of hydrogen-bond donors (Lipinski definition) is 1. The van der Waals surface area contributed by atoms with Gasteiger partial charge in [-0.3, -0.25) is 19.8 Å². The van der Waals surface area contributed by atoms with Gasteiger partial charge < -0.3 is 4.57 Å². The van der Waals surface area contributed by atoms with Crippen molar-refractivity contribution in [2.45, 2.75) is 78.2 Å². The Morgan fingerprint density at radius 1 is 1.09 bits per heavy atom. The van der Waals surface area contributed by atoms with E-state index >= 15 is 0 Å². The normalized spacial score (nSPS) is 18.8. The minimum atomic E-state index is -0.441. The smallest absolute Gasteiger partial charge is 0.270 e. The predicted octanol–water partition coefficient (Wildman–Crippen LogP) is 5.78. The molecule has 6 heteroatoms. The Bertz CT molecular complexity index is 1090. The van der Waals surface area contributed by atoms with E-state index in [1.165, 1.54) is 48.3 Å². The number of aryl methyl sites for hydroxylation is 2. The molecule has 1 aromatic heterocycles. The Kier molecular flexibility index (Phi) is 7.13. The highest BCUT2D eigenvalue weighted by Crippen LogP contribution is 2.33. The number of amides is 2. The molecule has 174 valence electrons. The first kappa shape index (κ1) is 23.4. The standard InChI is InChI=1S/C27H33N3O2S/c1-4-5-9-20-12-14-23(15-13-20)30-26(32)24(25(31)28-27(30)33)17-21-16-18(2)29(19(21)3)22-10-7-6-8-11-22/h12-17,22H,4-11H2,1-3H3,(H,28,31,33)/b24-17-. The molecule has 2 amide bonds. The average Bonchev–Trinajstić information content (AvgIpc) is 3.09. The quantitative estimate of drug-likeness (QED) is 0.335. The van der Waals surface area contributed by atoms with Crippen LogP contribution < -0.4 is 10.2 Å². The summed E-state index contributed by atoms with van der Waals surface area (Å²) in [6, 6.07) is 10.4. The summed E-state index contributed by atoms with van der Waals surface area (Å²) in [4.78, 5) is 27.6. The fraction of sp³-hybridized carbons (Fsp3) is 0.444. The molecule has 1 N–H and O–H groups in total. The van der Waals surface area contributed by atoms with Gasteiger partial charge in [-0.05, 0) is 87.2 Å². The minimum absolute atomic E-state index is 0.113. The molecule has 2 fully saturated rings. The highest BCUT2D eigenvalue weighted by Gasteiger charge is 2.35. The fourth-order valence-electron chi connectivity index (χ4n) is 5.09. The van der Waals surface area contributed by atoms with E-state index in [1.807, 2.05) is 24.3 Å². The summed E-state index contributed by atoms with van der Waals surface area (Å²) in [7, 11) is 0. The summed E-state index contributed by atoms with van der Waals surface area (Å²) in [5, 5.41) is 2.83. The van der Waals surface area contributed by atoms with Gasteiger partial charge in [0.25, 0.3) is 11.8 Å². The number of thiocarbonyl (C=S) groups is 1. The van der Waals surface area contributed by atoms with Crippen LogP contribution in [0.15, 0.2) is 35.9 Å². The number of rotatable bonds is 6. The SMILES string of the molecule is CCCCc1ccc(N2C(=O)/C(=C\c3cc(C)n(C4CCCCC4)c3C)C(=O)NC2=S)cc1. The van der Waals surface area contributed by atoms with Crippen LogP contribution >= 0.6 is 12.2 Å². The van der Waals surface area contributed by atoms with Gasteiger partial charge in [-0.2, -0.15) is 0 Å². The van der Waals surface area contributed by atoms with Crippen LogP contribution in [-0.2, 0) is 16.0 Å². The van der Waals surface area contributed by atoms with Gasteiger partial charge in [0, 0.05) is 17.4 Å². The molecule has 2 aromatic rings. The predicted molar refractivity (Wildman–Crippen MR) is 137 cm³/mol. The summed E-state index contributed by atoms with van der Waals surface area (Å²) in [6.07, 6.45) is 11.2. The van der Waals surface area contributed by atoms with E-state index in [9.17, 15) is 9.59 Å². The second-order valence-electron chi connectivity index (χ2n) is 9.22. The van der Waals surface area contributed by atoms with Crippen LogP contribution in [-0.4, -0.2) is 21.5 Å². The summed E-state index contributed by atoms with van der Waals surface area (Å²) in [6.45, 7) is 6.35. The summed E-state index contributed by atoms with van der Waals surface area (Å²) in [5.74, 6) is -0.823. The molecule has 1 saturated heterocycles. The summed E-state index contributed by atoms with van der Waals surface area (Å²) >= 11 is 5.36. The number of hydrogen-bond acceptors (Lipinski definition) is 3. The largest absolute Gasteiger partial charge is 0.346 e. The van der Waals surface area contributed by atoms with Gasteiger partial charge in [0.1, 0.15) is 5.57 Å². The van der Waals surface area contributed by atoms with Gasteiger partial charge in [0.2, 0.25) is 0 Å². The van der Waals surface area contributed by atoms with E-state index in [2.05, 4.69) is 36.7 Å². The zero-order chi connectivity index (χ0) is 23.5. The van der Waals surface area contributed by atoms with Gasteiger partial charge >= 0.3 is 0 Å². The highest BCUT2D eigenvalue weighted by atomic mass is 32.1. The first-order valence-electron chi connectivity index (χ1n) is 12.1. The summed E-state index contributed by atoms with van der Waals surface area (Å²) < 4.78 is 2.38. The Morgan fingerprint density at radius 2 is 1.79 bits per heavy atom. The molecule has 0 unspecified atom stereocenters. The molecule has 0 spiro atoms.